The number of benzene rings is 1. The molecule has 1 N–H and O–H groups in total. The van der Waals surface area contributed by atoms with Crippen LogP contribution in [0.5, 0.6) is 0 Å². The smallest absolute Gasteiger partial charge is 0.390 e. The largest absolute Gasteiger partial charge is 0.446 e. The van der Waals surface area contributed by atoms with Crippen LogP contribution < -0.4 is 5.76 Å². The molecule has 0 atom stereocenters. The molecule has 0 unspecified atom stereocenters. The highest BCUT2D eigenvalue weighted by molar-refractivity contribution is 9.10. The van der Waals surface area contributed by atoms with Crippen molar-refractivity contribution in [1.29, 1.82) is 0 Å². The van der Waals surface area contributed by atoms with E-state index in [9.17, 15) is 9.18 Å². The molecule has 0 spiro atoms. The van der Waals surface area contributed by atoms with Crippen LogP contribution in [0.2, 0.25) is 0 Å². The summed E-state index contributed by atoms with van der Waals surface area (Å²) in [4.78, 5) is 11.8. The number of nitrogens with zero attached hydrogens (tertiary/aromatic N) is 4. The van der Waals surface area contributed by atoms with Gasteiger partial charge in [-0.3, -0.25) is 4.52 Å². The molecule has 0 aliphatic heterocycles. The summed E-state index contributed by atoms with van der Waals surface area (Å²) in [5.74, 6) is -1.29. The molecule has 3 aromatic rings. The number of aliphatic hydroxyl groups is 1. The van der Waals surface area contributed by atoms with Gasteiger partial charge in [0.1, 0.15) is 11.5 Å². The first-order valence-corrected chi connectivity index (χ1v) is 6.38. The molecule has 0 saturated heterocycles. The second kappa shape index (κ2) is 5.22. The lowest BCUT2D eigenvalue weighted by atomic mass is 10.2. The lowest BCUT2D eigenvalue weighted by Crippen LogP contribution is -2.13. The number of aromatic nitrogens is 4. The van der Waals surface area contributed by atoms with E-state index in [1.807, 2.05) is 0 Å². The van der Waals surface area contributed by atoms with E-state index in [2.05, 4.69) is 40.6 Å². The maximum absolute atomic E-state index is 13.3. The molecule has 10 heteroatoms. The van der Waals surface area contributed by atoms with Crippen molar-refractivity contribution in [2.45, 2.75) is 6.61 Å². The minimum absolute atomic E-state index is 0.0104. The molecule has 0 aliphatic rings. The van der Waals surface area contributed by atoms with Crippen molar-refractivity contribution in [3.8, 4) is 17.2 Å². The van der Waals surface area contributed by atoms with E-state index in [-0.39, 0.29) is 21.7 Å². The molecule has 21 heavy (non-hydrogen) atoms. The normalized spacial score (nSPS) is 11.0. The van der Waals surface area contributed by atoms with Gasteiger partial charge in [0.05, 0.1) is 16.8 Å². The van der Waals surface area contributed by atoms with E-state index in [1.54, 1.807) is 0 Å². The van der Waals surface area contributed by atoms with Crippen LogP contribution in [0.1, 0.15) is 5.69 Å². The minimum Gasteiger partial charge on any atom is -0.390 e. The van der Waals surface area contributed by atoms with E-state index in [1.165, 1.54) is 18.2 Å². The highest BCUT2D eigenvalue weighted by atomic mass is 79.9. The Kier molecular flexibility index (Phi) is 3.39. The number of hydrogen-bond acceptors (Lipinski definition) is 7. The average molecular weight is 357 g/mol. The van der Waals surface area contributed by atoms with Gasteiger partial charge in [-0.05, 0) is 39.3 Å². The number of aliphatic hydroxyl groups excluding tert-OH is 1. The minimum atomic E-state index is -0.796. The van der Waals surface area contributed by atoms with Crippen molar-refractivity contribution in [3.05, 3.63) is 44.7 Å². The Balaban J connectivity index is 2.22. The predicted octanol–water partition coefficient (Wildman–Crippen LogP) is 1.27. The van der Waals surface area contributed by atoms with Gasteiger partial charge in [-0.25, -0.2) is 18.4 Å². The summed E-state index contributed by atoms with van der Waals surface area (Å²) in [6.07, 6.45) is 0. The Morgan fingerprint density at radius 3 is 2.86 bits per heavy atom. The van der Waals surface area contributed by atoms with Gasteiger partial charge < -0.3 is 5.11 Å². The van der Waals surface area contributed by atoms with Crippen molar-refractivity contribution in [2.75, 3.05) is 0 Å². The molecule has 0 bridgehead atoms. The van der Waals surface area contributed by atoms with Crippen LogP contribution in [0.3, 0.4) is 0 Å². The fourth-order valence-corrected chi connectivity index (χ4v) is 2.10. The molecular formula is C11H6BrFN4O4. The van der Waals surface area contributed by atoms with Gasteiger partial charge in [-0.1, -0.05) is 10.3 Å². The summed E-state index contributed by atoms with van der Waals surface area (Å²) < 4.78 is 23.6. The number of hydrogen-bond donors (Lipinski definition) is 1. The van der Waals surface area contributed by atoms with Gasteiger partial charge in [0, 0.05) is 0 Å². The summed E-state index contributed by atoms with van der Waals surface area (Å²) in [6, 6.07) is 3.93. The van der Waals surface area contributed by atoms with E-state index >= 15 is 0 Å². The molecule has 2 aromatic heterocycles. The molecule has 1 aromatic carbocycles. The van der Waals surface area contributed by atoms with Crippen LogP contribution in [0, 0.1) is 5.82 Å². The van der Waals surface area contributed by atoms with Crippen molar-refractivity contribution in [2.24, 2.45) is 0 Å². The standard InChI is InChI=1S/C11H6BrFN4O4/c12-6-3-5(1-2-7(6)13)17-10(16-20-11(17)19)9-8(4-18)14-21-15-9/h1-3,18H,4H2. The predicted molar refractivity (Wildman–Crippen MR) is 69.0 cm³/mol. The van der Waals surface area contributed by atoms with Crippen LogP contribution in [-0.2, 0) is 6.61 Å². The quantitative estimate of drug-likeness (QED) is 0.752. The van der Waals surface area contributed by atoms with Crippen molar-refractivity contribution in [1.82, 2.24) is 20.0 Å². The first kappa shape index (κ1) is 13.6. The van der Waals surface area contributed by atoms with Gasteiger partial charge in [0.25, 0.3) is 0 Å². The zero-order valence-corrected chi connectivity index (χ0v) is 11.7. The van der Waals surface area contributed by atoms with Crippen molar-refractivity contribution < 1.29 is 18.6 Å². The highest BCUT2D eigenvalue weighted by Gasteiger charge is 2.22. The summed E-state index contributed by atoms with van der Waals surface area (Å²) in [7, 11) is 0. The van der Waals surface area contributed by atoms with Gasteiger partial charge >= 0.3 is 5.76 Å². The maximum atomic E-state index is 13.3. The molecule has 0 fully saturated rings. The SMILES string of the molecule is O=c1onc(-c2nonc2CO)n1-c1ccc(F)c(Br)c1. The third kappa shape index (κ3) is 2.28. The van der Waals surface area contributed by atoms with Crippen molar-refractivity contribution >= 4 is 15.9 Å². The molecule has 0 saturated carbocycles. The van der Waals surface area contributed by atoms with Gasteiger partial charge in [-0.15, -0.1) is 0 Å². The first-order valence-electron chi connectivity index (χ1n) is 5.58. The summed E-state index contributed by atoms with van der Waals surface area (Å²) in [6.45, 7) is -0.451. The summed E-state index contributed by atoms with van der Waals surface area (Å²) >= 11 is 3.03. The second-order valence-electron chi connectivity index (χ2n) is 3.92. The third-order valence-electron chi connectivity index (χ3n) is 2.68. The fraction of sp³-hybridized carbons (Fsp3) is 0.0909. The summed E-state index contributed by atoms with van der Waals surface area (Å²) in [5.41, 5.74) is 0.457. The van der Waals surface area contributed by atoms with Gasteiger partial charge in [0.15, 0.2) is 5.69 Å². The zero-order chi connectivity index (χ0) is 15.0. The lowest BCUT2D eigenvalue weighted by Gasteiger charge is -2.04. The zero-order valence-electron chi connectivity index (χ0n) is 10.2. The van der Waals surface area contributed by atoms with Gasteiger partial charge in [0.2, 0.25) is 5.82 Å². The molecule has 0 aliphatic carbocycles. The van der Waals surface area contributed by atoms with Crippen molar-refractivity contribution in [3.63, 3.8) is 0 Å². The Morgan fingerprint density at radius 2 is 2.14 bits per heavy atom. The molecule has 0 radical (unpaired) electrons. The third-order valence-corrected chi connectivity index (χ3v) is 3.29. The maximum Gasteiger partial charge on any atom is 0.446 e. The van der Waals surface area contributed by atoms with E-state index in [0.717, 1.165) is 4.57 Å². The van der Waals surface area contributed by atoms with Crippen LogP contribution in [0.4, 0.5) is 4.39 Å². The average Bonchev–Trinajstić information content (AvgIpc) is 3.07. The van der Waals surface area contributed by atoms with Crippen LogP contribution in [0.25, 0.3) is 17.2 Å². The second-order valence-corrected chi connectivity index (χ2v) is 4.78. The molecule has 3 rings (SSSR count). The molecule has 2 heterocycles. The fourth-order valence-electron chi connectivity index (χ4n) is 1.73. The van der Waals surface area contributed by atoms with Crippen LogP contribution >= 0.6 is 15.9 Å². The summed E-state index contributed by atoms with van der Waals surface area (Å²) in [5, 5.41) is 19.8. The molecular weight excluding hydrogens is 351 g/mol. The Morgan fingerprint density at radius 1 is 1.33 bits per heavy atom. The molecule has 8 nitrogen and oxygen atoms in total. The highest BCUT2D eigenvalue weighted by Crippen LogP contribution is 2.23. The number of halogens is 2. The van der Waals surface area contributed by atoms with E-state index in [0.29, 0.717) is 5.69 Å². The number of rotatable bonds is 3. The monoisotopic (exact) mass is 356 g/mol. The van der Waals surface area contributed by atoms with E-state index in [4.69, 9.17) is 5.11 Å². The van der Waals surface area contributed by atoms with Crippen LogP contribution in [0.15, 0.2) is 36.6 Å². The van der Waals surface area contributed by atoms with E-state index < -0.39 is 18.2 Å². The lowest BCUT2D eigenvalue weighted by molar-refractivity contribution is 0.254. The topological polar surface area (TPSA) is 107 Å². The molecule has 0 amide bonds. The Hall–Kier alpha value is -2.33. The molecule has 108 valence electrons. The Labute approximate surface area is 123 Å². The Bertz CT molecular complexity index is 856. The first-order chi connectivity index (χ1) is 10.1. The van der Waals surface area contributed by atoms with Crippen LogP contribution in [-0.4, -0.2) is 25.1 Å². The van der Waals surface area contributed by atoms with Gasteiger partial charge in [-0.2, -0.15) is 0 Å².